The van der Waals surface area contributed by atoms with Crippen molar-refractivity contribution in [2.75, 3.05) is 12.4 Å². The van der Waals surface area contributed by atoms with Crippen molar-refractivity contribution in [3.8, 4) is 0 Å². The number of nitrogens with zero attached hydrogens (tertiary/aromatic N) is 3. The molecule has 5 nitrogen and oxygen atoms in total. The van der Waals surface area contributed by atoms with E-state index in [-0.39, 0.29) is 12.1 Å². The van der Waals surface area contributed by atoms with E-state index in [1.54, 1.807) is 22.4 Å². The summed E-state index contributed by atoms with van der Waals surface area (Å²) in [6, 6.07) is 9.63. The zero-order chi connectivity index (χ0) is 17.6. The van der Waals surface area contributed by atoms with Crippen molar-refractivity contribution in [1.29, 1.82) is 0 Å². The van der Waals surface area contributed by atoms with Crippen LogP contribution in [-0.2, 0) is 0 Å². The van der Waals surface area contributed by atoms with Crippen LogP contribution >= 0.6 is 11.3 Å². The highest BCUT2D eigenvalue weighted by atomic mass is 32.1. The Morgan fingerprint density at radius 1 is 1.36 bits per heavy atom. The van der Waals surface area contributed by atoms with Crippen molar-refractivity contribution in [3.05, 3.63) is 53.8 Å². The molecule has 2 amide bonds. The maximum atomic E-state index is 12.7. The molecule has 25 heavy (non-hydrogen) atoms. The molecule has 2 aromatic heterocycles. The van der Waals surface area contributed by atoms with Crippen molar-refractivity contribution in [2.24, 2.45) is 0 Å². The predicted molar refractivity (Wildman–Crippen MR) is 103 cm³/mol. The molecule has 1 N–H and O–H groups in total. The summed E-state index contributed by atoms with van der Waals surface area (Å²) in [7, 11) is 1.84. The van der Waals surface area contributed by atoms with Gasteiger partial charge in [0.2, 0.25) is 0 Å². The molecule has 0 saturated carbocycles. The summed E-state index contributed by atoms with van der Waals surface area (Å²) in [5, 5.41) is 2.98. The number of benzene rings is 1. The van der Waals surface area contributed by atoms with Gasteiger partial charge in [0.1, 0.15) is 0 Å². The Kier molecular flexibility index (Phi) is 5.60. The van der Waals surface area contributed by atoms with Gasteiger partial charge in [0.05, 0.1) is 21.8 Å². The number of unbranched alkanes of at least 4 members (excludes halogenated alkanes) is 1. The first-order chi connectivity index (χ1) is 12.2. The molecule has 1 atom stereocenters. The first-order valence-electron chi connectivity index (χ1n) is 8.46. The number of pyridine rings is 1. The lowest BCUT2D eigenvalue weighted by molar-refractivity contribution is 0.200. The molecule has 130 valence electrons. The molecule has 0 aliphatic heterocycles. The Hall–Kier alpha value is -2.47. The second kappa shape index (κ2) is 8.07. The summed E-state index contributed by atoms with van der Waals surface area (Å²) in [5.41, 5.74) is 4.53. The fraction of sp³-hybridized carbons (Fsp3) is 0.316. The molecule has 0 aliphatic carbocycles. The third-order valence-electron chi connectivity index (χ3n) is 4.27. The van der Waals surface area contributed by atoms with Gasteiger partial charge in [0.15, 0.2) is 0 Å². The molecule has 0 spiro atoms. The maximum absolute atomic E-state index is 12.7. The third kappa shape index (κ3) is 4.14. The molecule has 3 aromatic rings. The van der Waals surface area contributed by atoms with Gasteiger partial charge in [-0.25, -0.2) is 9.78 Å². The summed E-state index contributed by atoms with van der Waals surface area (Å²) >= 11 is 1.59. The number of urea groups is 1. The third-order valence-corrected chi connectivity index (χ3v) is 5.08. The van der Waals surface area contributed by atoms with Gasteiger partial charge >= 0.3 is 6.03 Å². The summed E-state index contributed by atoms with van der Waals surface area (Å²) < 4.78 is 1.11. The van der Waals surface area contributed by atoms with E-state index >= 15 is 0 Å². The van der Waals surface area contributed by atoms with Crippen molar-refractivity contribution in [2.45, 2.75) is 32.2 Å². The molecule has 1 aromatic carbocycles. The van der Waals surface area contributed by atoms with Crippen LogP contribution in [0.5, 0.6) is 0 Å². The molecule has 0 saturated heterocycles. The minimum Gasteiger partial charge on any atom is -0.320 e. The smallest absolute Gasteiger partial charge is 0.320 e. The van der Waals surface area contributed by atoms with E-state index in [2.05, 4.69) is 22.2 Å². The molecule has 0 radical (unpaired) electrons. The quantitative estimate of drug-likeness (QED) is 0.671. The van der Waals surface area contributed by atoms with Crippen LogP contribution in [0.15, 0.2) is 48.2 Å². The lowest BCUT2D eigenvalue weighted by Crippen LogP contribution is -2.35. The van der Waals surface area contributed by atoms with Crippen LogP contribution in [0.2, 0.25) is 0 Å². The predicted octanol–water partition coefficient (Wildman–Crippen LogP) is 5.09. The standard InChI is InChI=1S/C19H22N4OS/c1-3-4-7-17(14-6-5-10-20-12-14)23(2)19(24)22-15-8-9-18-16(11-15)21-13-25-18/h5-6,8-13,17H,3-4,7H2,1-2H3,(H,22,24)/t17-/m1/s1. The van der Waals surface area contributed by atoms with E-state index in [0.717, 1.165) is 40.7 Å². The number of thiazole rings is 1. The van der Waals surface area contributed by atoms with Gasteiger partial charge in [0.25, 0.3) is 0 Å². The van der Waals surface area contributed by atoms with E-state index in [9.17, 15) is 4.79 Å². The van der Waals surface area contributed by atoms with E-state index in [1.165, 1.54) is 0 Å². The van der Waals surface area contributed by atoms with Crippen molar-refractivity contribution < 1.29 is 4.79 Å². The normalized spacial score (nSPS) is 12.1. The number of carbonyl (C=O) groups excluding carboxylic acids is 1. The molecule has 0 fully saturated rings. The largest absolute Gasteiger partial charge is 0.322 e. The molecule has 0 bridgehead atoms. The van der Waals surface area contributed by atoms with Crippen molar-refractivity contribution in [3.63, 3.8) is 0 Å². The molecule has 0 unspecified atom stereocenters. The van der Waals surface area contributed by atoms with Gasteiger partial charge in [-0.05, 0) is 36.2 Å². The lowest BCUT2D eigenvalue weighted by Gasteiger charge is -2.28. The first-order valence-corrected chi connectivity index (χ1v) is 9.34. The molecular weight excluding hydrogens is 332 g/mol. The van der Waals surface area contributed by atoms with Gasteiger partial charge in [-0.2, -0.15) is 0 Å². The number of carbonyl (C=O) groups is 1. The molecule has 6 heteroatoms. The van der Waals surface area contributed by atoms with Crippen LogP contribution in [0.3, 0.4) is 0 Å². The Balaban J connectivity index is 1.75. The van der Waals surface area contributed by atoms with Gasteiger partial charge in [-0.1, -0.05) is 25.8 Å². The second-order valence-corrected chi connectivity index (χ2v) is 6.91. The monoisotopic (exact) mass is 354 g/mol. The zero-order valence-corrected chi connectivity index (χ0v) is 15.3. The molecule has 3 rings (SSSR count). The first kappa shape index (κ1) is 17.4. The zero-order valence-electron chi connectivity index (χ0n) is 14.5. The fourth-order valence-corrected chi connectivity index (χ4v) is 3.50. The number of hydrogen-bond donors (Lipinski definition) is 1. The minimum atomic E-state index is -0.125. The SMILES string of the molecule is CCCC[C@H](c1cccnc1)N(C)C(=O)Nc1ccc2scnc2c1. The molecule has 0 aliphatic rings. The van der Waals surface area contributed by atoms with Crippen LogP contribution in [0.25, 0.3) is 10.2 Å². The minimum absolute atomic E-state index is 0.0108. The number of amides is 2. The van der Waals surface area contributed by atoms with Gasteiger partial charge in [0, 0.05) is 25.1 Å². The highest BCUT2D eigenvalue weighted by molar-refractivity contribution is 7.16. The summed E-state index contributed by atoms with van der Waals surface area (Å²) in [6.07, 6.45) is 6.65. The maximum Gasteiger partial charge on any atom is 0.322 e. The molecule has 2 heterocycles. The Labute approximate surface area is 151 Å². The van der Waals surface area contributed by atoms with Crippen LogP contribution in [0.1, 0.15) is 37.8 Å². The van der Waals surface area contributed by atoms with Crippen LogP contribution in [0, 0.1) is 0 Å². The topological polar surface area (TPSA) is 58.1 Å². The highest BCUT2D eigenvalue weighted by Crippen LogP contribution is 2.26. The number of hydrogen-bond acceptors (Lipinski definition) is 4. The van der Waals surface area contributed by atoms with Crippen molar-refractivity contribution in [1.82, 2.24) is 14.9 Å². The number of nitrogens with one attached hydrogen (secondary N) is 1. The summed E-state index contributed by atoms with van der Waals surface area (Å²) in [5.74, 6) is 0. The van der Waals surface area contributed by atoms with Crippen LogP contribution in [0.4, 0.5) is 10.5 Å². The van der Waals surface area contributed by atoms with Gasteiger partial charge < -0.3 is 10.2 Å². The second-order valence-electron chi connectivity index (χ2n) is 6.02. The number of fused-ring (bicyclic) bond motifs is 1. The van der Waals surface area contributed by atoms with Gasteiger partial charge in [-0.3, -0.25) is 4.98 Å². The average Bonchev–Trinajstić information content (AvgIpc) is 3.10. The fourth-order valence-electron chi connectivity index (χ4n) is 2.84. The van der Waals surface area contributed by atoms with E-state index in [0.29, 0.717) is 0 Å². The highest BCUT2D eigenvalue weighted by Gasteiger charge is 2.21. The summed E-state index contributed by atoms with van der Waals surface area (Å²) in [6.45, 7) is 2.16. The summed E-state index contributed by atoms with van der Waals surface area (Å²) in [4.78, 5) is 23.0. The molecular formula is C19H22N4OS. The Morgan fingerprint density at radius 2 is 2.24 bits per heavy atom. The average molecular weight is 354 g/mol. The van der Waals surface area contributed by atoms with Crippen LogP contribution < -0.4 is 5.32 Å². The van der Waals surface area contributed by atoms with E-state index in [4.69, 9.17) is 0 Å². The van der Waals surface area contributed by atoms with Gasteiger partial charge in [-0.15, -0.1) is 11.3 Å². The number of rotatable bonds is 6. The Bertz CT molecular complexity index is 834. The number of anilines is 1. The van der Waals surface area contributed by atoms with E-state index < -0.39 is 0 Å². The lowest BCUT2D eigenvalue weighted by atomic mass is 10.0. The van der Waals surface area contributed by atoms with E-state index in [1.807, 2.05) is 49.1 Å². The number of aromatic nitrogens is 2. The van der Waals surface area contributed by atoms with Crippen molar-refractivity contribution >= 4 is 33.3 Å². The van der Waals surface area contributed by atoms with Crippen LogP contribution in [-0.4, -0.2) is 27.9 Å². The Morgan fingerprint density at radius 3 is 3.00 bits per heavy atom.